The molecule has 2 saturated heterocycles. The first-order valence-electron chi connectivity index (χ1n) is 4.80. The Morgan fingerprint density at radius 2 is 2.00 bits per heavy atom. The lowest BCUT2D eigenvalue weighted by Gasteiger charge is -2.32. The molecule has 0 aromatic carbocycles. The second-order valence-electron chi connectivity index (χ2n) is 3.61. The van der Waals surface area contributed by atoms with Crippen LogP contribution in [0.15, 0.2) is 0 Å². The molecule has 1 unspecified atom stereocenters. The molecule has 2 rings (SSSR count). The zero-order chi connectivity index (χ0) is 11.9. The number of hydrogen-bond donors (Lipinski definition) is 0. The van der Waals surface area contributed by atoms with E-state index in [-0.39, 0.29) is 18.7 Å². The molecule has 0 aromatic rings. The molecule has 7 nitrogen and oxygen atoms in total. The number of carbonyl (C=O) groups is 4. The fourth-order valence-electron chi connectivity index (χ4n) is 1.96. The molecule has 2 heterocycles. The molecule has 7 heteroatoms. The lowest BCUT2D eigenvalue weighted by Crippen LogP contribution is -2.59. The van der Waals surface area contributed by atoms with Gasteiger partial charge in [0, 0.05) is 6.42 Å². The Labute approximate surface area is 90.9 Å². The van der Waals surface area contributed by atoms with Gasteiger partial charge in [-0.05, 0) is 6.42 Å². The molecule has 0 aliphatic carbocycles. The summed E-state index contributed by atoms with van der Waals surface area (Å²) in [6, 6.07) is -0.826. The summed E-state index contributed by atoms with van der Waals surface area (Å²) >= 11 is 0. The predicted molar refractivity (Wildman–Crippen MR) is 49.0 cm³/mol. The molecule has 86 valence electrons. The minimum Gasteiger partial charge on any atom is -0.452 e. The summed E-state index contributed by atoms with van der Waals surface area (Å²) in [6.45, 7) is -0.423. The fourth-order valence-corrected chi connectivity index (χ4v) is 1.96. The molecule has 1 atom stereocenters. The summed E-state index contributed by atoms with van der Waals surface area (Å²) in [5.74, 6) is -1.43. The van der Waals surface area contributed by atoms with Crippen LogP contribution in [0.4, 0.5) is 4.79 Å². The average Bonchev–Trinajstić information content (AvgIpc) is 2.65. The first-order chi connectivity index (χ1) is 7.56. The minimum absolute atomic E-state index is 0.164. The molecule has 16 heavy (non-hydrogen) atoms. The summed E-state index contributed by atoms with van der Waals surface area (Å²) in [4.78, 5) is 47.6. The summed E-state index contributed by atoms with van der Waals surface area (Å²) in [5, 5.41) is 0. The van der Waals surface area contributed by atoms with Crippen molar-refractivity contribution < 1.29 is 23.9 Å². The number of methoxy groups -OCH3 is 1. The van der Waals surface area contributed by atoms with Crippen molar-refractivity contribution in [3.63, 3.8) is 0 Å². The topological polar surface area (TPSA) is 84.0 Å². The highest BCUT2D eigenvalue weighted by Gasteiger charge is 2.48. The van der Waals surface area contributed by atoms with E-state index < -0.39 is 30.5 Å². The van der Waals surface area contributed by atoms with Crippen LogP contribution >= 0.6 is 0 Å². The van der Waals surface area contributed by atoms with Gasteiger partial charge in [0.1, 0.15) is 12.6 Å². The van der Waals surface area contributed by atoms with Crippen molar-refractivity contribution in [2.75, 3.05) is 13.7 Å². The van der Waals surface area contributed by atoms with Gasteiger partial charge in [-0.25, -0.2) is 9.69 Å². The number of rotatable bonds is 0. The van der Waals surface area contributed by atoms with Crippen LogP contribution < -0.4 is 0 Å². The smallest absolute Gasteiger partial charge is 0.416 e. The van der Waals surface area contributed by atoms with E-state index >= 15 is 0 Å². The number of fused-ring (bicyclic) bond motifs is 1. The van der Waals surface area contributed by atoms with E-state index in [2.05, 4.69) is 4.74 Å². The van der Waals surface area contributed by atoms with Crippen LogP contribution in [0.5, 0.6) is 0 Å². The first-order valence-corrected chi connectivity index (χ1v) is 4.80. The Balaban J connectivity index is 2.26. The van der Waals surface area contributed by atoms with E-state index in [1.54, 1.807) is 0 Å². The molecule has 0 saturated carbocycles. The van der Waals surface area contributed by atoms with Crippen molar-refractivity contribution in [3.8, 4) is 0 Å². The number of nitrogens with zero attached hydrogens (tertiary/aromatic N) is 2. The Morgan fingerprint density at radius 3 is 2.62 bits per heavy atom. The van der Waals surface area contributed by atoms with Crippen molar-refractivity contribution in [2.24, 2.45) is 0 Å². The monoisotopic (exact) mass is 226 g/mol. The first kappa shape index (κ1) is 10.6. The predicted octanol–water partition coefficient (Wildman–Crippen LogP) is -0.887. The molecule has 2 aliphatic heterocycles. The zero-order valence-corrected chi connectivity index (χ0v) is 8.63. The second kappa shape index (κ2) is 3.58. The number of imide groups is 2. The van der Waals surface area contributed by atoms with Crippen LogP contribution in [0.3, 0.4) is 0 Å². The summed E-state index contributed by atoms with van der Waals surface area (Å²) in [6.07, 6.45) is -0.425. The molecule has 0 bridgehead atoms. The van der Waals surface area contributed by atoms with Gasteiger partial charge in [-0.15, -0.1) is 0 Å². The van der Waals surface area contributed by atoms with Gasteiger partial charge in [0.25, 0.3) is 5.91 Å². The normalized spacial score (nSPS) is 24.8. The quantitative estimate of drug-likeness (QED) is 0.500. The van der Waals surface area contributed by atoms with E-state index in [1.807, 2.05) is 0 Å². The van der Waals surface area contributed by atoms with E-state index in [9.17, 15) is 19.2 Å². The van der Waals surface area contributed by atoms with Gasteiger partial charge >= 0.3 is 6.09 Å². The molecule has 0 spiro atoms. The van der Waals surface area contributed by atoms with Crippen LogP contribution in [0.25, 0.3) is 0 Å². The molecule has 0 aromatic heterocycles. The highest BCUT2D eigenvalue weighted by atomic mass is 16.5. The van der Waals surface area contributed by atoms with E-state index in [0.29, 0.717) is 0 Å². The maximum absolute atomic E-state index is 11.8. The van der Waals surface area contributed by atoms with Gasteiger partial charge in [-0.1, -0.05) is 0 Å². The third kappa shape index (κ3) is 1.36. The maximum Gasteiger partial charge on any atom is 0.416 e. The molecule has 0 N–H and O–H groups in total. The van der Waals surface area contributed by atoms with E-state index in [1.165, 1.54) is 0 Å². The molecule has 0 radical (unpaired) electrons. The van der Waals surface area contributed by atoms with Crippen molar-refractivity contribution in [1.29, 1.82) is 0 Å². The molecule has 2 aliphatic rings. The highest BCUT2D eigenvalue weighted by molar-refractivity contribution is 6.11. The Hall–Kier alpha value is -1.92. The highest BCUT2D eigenvalue weighted by Crippen LogP contribution is 2.24. The standard InChI is InChI=1S/C9H10N2O5/c1-16-9(15)10-4-7(13)11-5(8(10)14)2-3-6(11)12/h5H,2-4H2,1H3. The van der Waals surface area contributed by atoms with Crippen LogP contribution in [-0.2, 0) is 19.1 Å². The second-order valence-corrected chi connectivity index (χ2v) is 3.61. The SMILES string of the molecule is COC(=O)N1CC(=O)N2C(=O)CCC2C1=O. The number of piperazine rings is 1. The Morgan fingerprint density at radius 1 is 1.31 bits per heavy atom. The van der Waals surface area contributed by atoms with Gasteiger partial charge in [0.15, 0.2) is 0 Å². The van der Waals surface area contributed by atoms with Crippen LogP contribution in [0, 0.1) is 0 Å². The summed E-state index contributed by atoms with van der Waals surface area (Å²) in [5.41, 5.74) is 0. The lowest BCUT2D eigenvalue weighted by atomic mass is 10.1. The van der Waals surface area contributed by atoms with E-state index in [4.69, 9.17) is 0 Å². The average molecular weight is 226 g/mol. The van der Waals surface area contributed by atoms with E-state index in [0.717, 1.165) is 16.9 Å². The third-order valence-corrected chi connectivity index (χ3v) is 2.72. The lowest BCUT2D eigenvalue weighted by molar-refractivity contribution is -0.157. The molecular formula is C9H10N2O5. The molecular weight excluding hydrogens is 216 g/mol. The molecule has 2 fully saturated rings. The largest absolute Gasteiger partial charge is 0.452 e. The van der Waals surface area contributed by atoms with Crippen LogP contribution in [-0.4, -0.2) is 53.3 Å². The van der Waals surface area contributed by atoms with Crippen molar-refractivity contribution in [3.05, 3.63) is 0 Å². The summed E-state index contributed by atoms with van der Waals surface area (Å²) < 4.78 is 4.39. The fraction of sp³-hybridized carbons (Fsp3) is 0.556. The van der Waals surface area contributed by atoms with Gasteiger partial charge in [-0.3, -0.25) is 19.3 Å². The number of hydrogen-bond acceptors (Lipinski definition) is 5. The van der Waals surface area contributed by atoms with Gasteiger partial charge in [0.2, 0.25) is 11.8 Å². The number of ether oxygens (including phenoxy) is 1. The van der Waals surface area contributed by atoms with Gasteiger partial charge < -0.3 is 4.74 Å². The van der Waals surface area contributed by atoms with Crippen LogP contribution in [0.1, 0.15) is 12.8 Å². The molecule has 4 amide bonds. The third-order valence-electron chi connectivity index (χ3n) is 2.72. The van der Waals surface area contributed by atoms with Crippen molar-refractivity contribution >= 4 is 23.8 Å². The van der Waals surface area contributed by atoms with Gasteiger partial charge in [0.05, 0.1) is 7.11 Å². The maximum atomic E-state index is 11.8. The van der Waals surface area contributed by atoms with Gasteiger partial charge in [-0.2, -0.15) is 0 Å². The van der Waals surface area contributed by atoms with Crippen molar-refractivity contribution in [2.45, 2.75) is 18.9 Å². The Kier molecular flexibility index (Phi) is 2.37. The Bertz CT molecular complexity index is 391. The number of carbonyl (C=O) groups excluding carboxylic acids is 4. The van der Waals surface area contributed by atoms with Crippen LogP contribution in [0.2, 0.25) is 0 Å². The minimum atomic E-state index is -0.864. The number of amides is 4. The van der Waals surface area contributed by atoms with Crippen molar-refractivity contribution in [1.82, 2.24) is 9.80 Å². The summed E-state index contributed by atoms with van der Waals surface area (Å²) in [7, 11) is 1.13. The zero-order valence-electron chi connectivity index (χ0n) is 8.63.